The third-order valence-corrected chi connectivity index (χ3v) is 5.11. The van der Waals surface area contributed by atoms with Gasteiger partial charge in [0, 0.05) is 17.6 Å². The van der Waals surface area contributed by atoms with Gasteiger partial charge in [-0.15, -0.1) is 0 Å². The van der Waals surface area contributed by atoms with Crippen LogP contribution in [0.3, 0.4) is 0 Å². The number of nitrogens with one attached hydrogen (secondary N) is 1. The lowest BCUT2D eigenvalue weighted by atomic mass is 10.1. The molecule has 0 aliphatic heterocycles. The van der Waals surface area contributed by atoms with E-state index in [0.29, 0.717) is 17.7 Å². The molecule has 0 aliphatic carbocycles. The highest BCUT2D eigenvalue weighted by atomic mass is 35.5. The first-order chi connectivity index (χ1) is 14.1. The Morgan fingerprint density at radius 2 is 1.66 bits per heavy atom. The maximum absolute atomic E-state index is 6.04. The largest absolute Gasteiger partial charge is 0.493 e. The first kappa shape index (κ1) is 21.2. The van der Waals surface area contributed by atoms with Gasteiger partial charge < -0.3 is 14.8 Å². The highest BCUT2D eigenvalue weighted by Gasteiger charge is 2.08. The Morgan fingerprint density at radius 3 is 2.41 bits per heavy atom. The van der Waals surface area contributed by atoms with Gasteiger partial charge in [-0.1, -0.05) is 60.1 Å². The zero-order valence-corrected chi connectivity index (χ0v) is 17.8. The Kier molecular flexibility index (Phi) is 7.97. The zero-order valence-electron chi connectivity index (χ0n) is 17.0. The number of aryl methyl sites for hydroxylation is 1. The molecule has 0 radical (unpaired) electrons. The maximum atomic E-state index is 6.04. The van der Waals surface area contributed by atoms with Crippen LogP contribution in [-0.4, -0.2) is 13.2 Å². The van der Waals surface area contributed by atoms with Gasteiger partial charge in [0.1, 0.15) is 6.61 Å². The molecule has 3 aromatic rings. The molecule has 152 valence electrons. The van der Waals surface area contributed by atoms with Crippen LogP contribution in [0.5, 0.6) is 11.5 Å². The quantitative estimate of drug-likeness (QED) is 0.443. The first-order valence-corrected chi connectivity index (χ1v) is 10.3. The van der Waals surface area contributed by atoms with E-state index < -0.39 is 0 Å². The smallest absolute Gasteiger partial charge is 0.161 e. The number of rotatable bonds is 10. The molecule has 0 heterocycles. The molecular formula is C25H28ClNO2. The number of ether oxygens (including phenoxy) is 2. The first-order valence-electron chi connectivity index (χ1n) is 9.95. The van der Waals surface area contributed by atoms with E-state index in [-0.39, 0.29) is 0 Å². The van der Waals surface area contributed by atoms with Crippen molar-refractivity contribution in [3.63, 3.8) is 0 Å². The second kappa shape index (κ2) is 10.9. The van der Waals surface area contributed by atoms with Crippen LogP contribution >= 0.6 is 11.6 Å². The van der Waals surface area contributed by atoms with Gasteiger partial charge in [-0.05, 0) is 60.7 Å². The van der Waals surface area contributed by atoms with E-state index in [9.17, 15) is 0 Å². The molecule has 0 saturated heterocycles. The van der Waals surface area contributed by atoms with Crippen LogP contribution in [0.25, 0.3) is 0 Å². The van der Waals surface area contributed by atoms with E-state index in [1.807, 2.05) is 36.4 Å². The van der Waals surface area contributed by atoms with Gasteiger partial charge in [0.25, 0.3) is 0 Å². The van der Waals surface area contributed by atoms with Crippen molar-refractivity contribution in [1.29, 1.82) is 0 Å². The molecule has 0 aliphatic rings. The number of methoxy groups -OCH3 is 1. The van der Waals surface area contributed by atoms with Crippen LogP contribution in [0.15, 0.2) is 72.8 Å². The van der Waals surface area contributed by atoms with Gasteiger partial charge in [0.15, 0.2) is 11.5 Å². The summed E-state index contributed by atoms with van der Waals surface area (Å²) >= 11 is 6.04. The third kappa shape index (κ3) is 6.81. The normalized spacial score (nSPS) is 11.8. The van der Waals surface area contributed by atoms with Crippen molar-refractivity contribution in [3.8, 4) is 11.5 Å². The summed E-state index contributed by atoms with van der Waals surface area (Å²) in [6, 6.07) is 24.8. The van der Waals surface area contributed by atoms with Crippen LogP contribution in [-0.2, 0) is 19.6 Å². The van der Waals surface area contributed by atoms with Crippen molar-refractivity contribution in [2.75, 3.05) is 7.11 Å². The SMILES string of the molecule is COc1cc(CNC(C)CCc2ccccc2)ccc1OCc1cccc(Cl)c1. The fourth-order valence-electron chi connectivity index (χ4n) is 3.15. The van der Waals surface area contributed by atoms with E-state index in [1.165, 1.54) is 11.1 Å². The Hall–Kier alpha value is -2.49. The van der Waals surface area contributed by atoms with Gasteiger partial charge in [-0.2, -0.15) is 0 Å². The molecule has 3 rings (SSSR count). The fourth-order valence-corrected chi connectivity index (χ4v) is 3.36. The molecule has 1 unspecified atom stereocenters. The zero-order chi connectivity index (χ0) is 20.5. The number of hydrogen-bond acceptors (Lipinski definition) is 3. The van der Waals surface area contributed by atoms with Gasteiger partial charge >= 0.3 is 0 Å². The minimum absolute atomic E-state index is 0.431. The minimum atomic E-state index is 0.431. The van der Waals surface area contributed by atoms with Crippen LogP contribution < -0.4 is 14.8 Å². The summed E-state index contributed by atoms with van der Waals surface area (Å²) in [7, 11) is 1.67. The highest BCUT2D eigenvalue weighted by molar-refractivity contribution is 6.30. The molecule has 3 aromatic carbocycles. The minimum Gasteiger partial charge on any atom is -0.493 e. The maximum Gasteiger partial charge on any atom is 0.161 e. The molecule has 0 saturated carbocycles. The van der Waals surface area contributed by atoms with E-state index >= 15 is 0 Å². The summed E-state index contributed by atoms with van der Waals surface area (Å²) in [6.07, 6.45) is 2.18. The summed E-state index contributed by atoms with van der Waals surface area (Å²) in [5.41, 5.74) is 3.57. The average molecular weight is 410 g/mol. The number of halogens is 1. The Bertz CT molecular complexity index is 898. The molecule has 1 atom stereocenters. The van der Waals surface area contributed by atoms with Crippen LogP contribution in [0, 0.1) is 0 Å². The molecule has 0 fully saturated rings. The van der Waals surface area contributed by atoms with Crippen molar-refractivity contribution in [2.24, 2.45) is 0 Å². The molecule has 0 bridgehead atoms. The van der Waals surface area contributed by atoms with E-state index in [0.717, 1.165) is 36.4 Å². The molecule has 29 heavy (non-hydrogen) atoms. The Morgan fingerprint density at radius 1 is 0.862 bits per heavy atom. The molecule has 0 aromatic heterocycles. The summed E-state index contributed by atoms with van der Waals surface area (Å²) in [4.78, 5) is 0. The van der Waals surface area contributed by atoms with Gasteiger partial charge in [-0.25, -0.2) is 0 Å². The lowest BCUT2D eigenvalue weighted by Crippen LogP contribution is -2.26. The monoisotopic (exact) mass is 409 g/mol. The second-order valence-corrected chi connectivity index (χ2v) is 7.65. The van der Waals surface area contributed by atoms with Crippen molar-refractivity contribution < 1.29 is 9.47 Å². The van der Waals surface area contributed by atoms with Gasteiger partial charge in [0.05, 0.1) is 7.11 Å². The Balaban J connectivity index is 1.51. The predicted octanol–water partition coefficient (Wildman–Crippen LogP) is 6.04. The fraction of sp³-hybridized carbons (Fsp3) is 0.280. The molecule has 4 heteroatoms. The summed E-state index contributed by atoms with van der Waals surface area (Å²) in [6.45, 7) is 3.47. The summed E-state index contributed by atoms with van der Waals surface area (Å²) < 4.78 is 11.5. The number of benzene rings is 3. The van der Waals surface area contributed by atoms with Crippen molar-refractivity contribution in [2.45, 2.75) is 39.0 Å². The van der Waals surface area contributed by atoms with Crippen LogP contribution in [0.1, 0.15) is 30.0 Å². The van der Waals surface area contributed by atoms with E-state index in [1.54, 1.807) is 7.11 Å². The van der Waals surface area contributed by atoms with E-state index in [4.69, 9.17) is 21.1 Å². The molecular weight excluding hydrogens is 382 g/mol. The summed E-state index contributed by atoms with van der Waals surface area (Å²) in [5, 5.41) is 4.30. The molecule has 0 spiro atoms. The van der Waals surface area contributed by atoms with Gasteiger partial charge in [-0.3, -0.25) is 0 Å². The highest BCUT2D eigenvalue weighted by Crippen LogP contribution is 2.29. The third-order valence-electron chi connectivity index (χ3n) is 4.87. The van der Waals surface area contributed by atoms with Gasteiger partial charge in [0.2, 0.25) is 0 Å². The van der Waals surface area contributed by atoms with Crippen molar-refractivity contribution >= 4 is 11.6 Å². The predicted molar refractivity (Wildman–Crippen MR) is 120 cm³/mol. The molecule has 3 nitrogen and oxygen atoms in total. The molecule has 0 amide bonds. The van der Waals surface area contributed by atoms with Crippen molar-refractivity contribution in [1.82, 2.24) is 5.32 Å². The number of hydrogen-bond donors (Lipinski definition) is 1. The van der Waals surface area contributed by atoms with Crippen molar-refractivity contribution in [3.05, 3.63) is 94.5 Å². The average Bonchev–Trinajstić information content (AvgIpc) is 2.75. The Labute approximate surface area is 178 Å². The van der Waals surface area contributed by atoms with E-state index in [2.05, 4.69) is 48.6 Å². The lowest BCUT2D eigenvalue weighted by molar-refractivity contribution is 0.284. The van der Waals surface area contributed by atoms with Crippen LogP contribution in [0.4, 0.5) is 0 Å². The van der Waals surface area contributed by atoms with Crippen LogP contribution in [0.2, 0.25) is 5.02 Å². The summed E-state index contributed by atoms with van der Waals surface area (Å²) in [5.74, 6) is 1.47. The lowest BCUT2D eigenvalue weighted by Gasteiger charge is -2.16. The second-order valence-electron chi connectivity index (χ2n) is 7.21. The standard InChI is InChI=1S/C25H28ClNO2/c1-19(11-12-20-7-4-3-5-8-20)27-17-21-13-14-24(25(16-21)28-2)29-18-22-9-6-10-23(26)15-22/h3-10,13-16,19,27H,11-12,17-18H2,1-2H3. The topological polar surface area (TPSA) is 30.5 Å². The molecule has 1 N–H and O–H groups in total.